The topological polar surface area (TPSA) is 83.7 Å². The van der Waals surface area contributed by atoms with Crippen molar-refractivity contribution in [3.63, 3.8) is 0 Å². The Morgan fingerprint density at radius 3 is 2.47 bits per heavy atom. The van der Waals surface area contributed by atoms with Crippen LogP contribution >= 0.6 is 0 Å². The number of rotatable bonds is 6. The van der Waals surface area contributed by atoms with Crippen molar-refractivity contribution in [2.75, 3.05) is 19.6 Å². The van der Waals surface area contributed by atoms with E-state index >= 15 is 0 Å². The quantitative estimate of drug-likeness (QED) is 0.517. The number of hydrogen-bond acceptors (Lipinski definition) is 4. The van der Waals surface area contributed by atoms with Crippen molar-refractivity contribution in [2.45, 2.75) is 38.3 Å². The Morgan fingerprint density at radius 2 is 1.74 bits per heavy atom. The van der Waals surface area contributed by atoms with Crippen LogP contribution < -0.4 is 5.73 Å². The molecule has 2 saturated heterocycles. The highest BCUT2D eigenvalue weighted by Gasteiger charge is 2.44. The van der Waals surface area contributed by atoms with Gasteiger partial charge in [-0.15, -0.1) is 0 Å². The molecule has 6 nitrogen and oxygen atoms in total. The summed E-state index contributed by atoms with van der Waals surface area (Å²) in [7, 11) is 0. The lowest BCUT2D eigenvalue weighted by Crippen LogP contribution is -2.43. The first kappa shape index (κ1) is 23.9. The molecule has 34 heavy (non-hydrogen) atoms. The predicted molar refractivity (Wildman–Crippen MR) is 119 cm³/mol. The largest absolute Gasteiger partial charge is 0.338 e. The summed E-state index contributed by atoms with van der Waals surface area (Å²) < 4.78 is 40.5. The Hall–Kier alpha value is -3.20. The van der Waals surface area contributed by atoms with Gasteiger partial charge in [0.05, 0.1) is 6.04 Å². The molecule has 3 atom stereocenters. The third kappa shape index (κ3) is 4.84. The van der Waals surface area contributed by atoms with Crippen molar-refractivity contribution >= 4 is 17.6 Å². The highest BCUT2D eigenvalue weighted by atomic mass is 19.2. The number of likely N-dealkylation sites (tertiary alicyclic amines) is 2. The van der Waals surface area contributed by atoms with Crippen molar-refractivity contribution < 1.29 is 27.6 Å². The van der Waals surface area contributed by atoms with E-state index in [1.54, 1.807) is 34.1 Å². The average molecular weight is 473 g/mol. The molecule has 2 N–H and O–H groups in total. The fourth-order valence-electron chi connectivity index (χ4n) is 4.91. The first-order valence-corrected chi connectivity index (χ1v) is 11.2. The molecule has 2 aromatic carbocycles. The van der Waals surface area contributed by atoms with E-state index in [0.717, 1.165) is 12.5 Å². The van der Waals surface area contributed by atoms with Crippen molar-refractivity contribution in [1.82, 2.24) is 9.80 Å². The van der Waals surface area contributed by atoms with Gasteiger partial charge in [-0.1, -0.05) is 12.1 Å². The summed E-state index contributed by atoms with van der Waals surface area (Å²) >= 11 is 0. The van der Waals surface area contributed by atoms with E-state index in [9.17, 15) is 27.6 Å². The van der Waals surface area contributed by atoms with Gasteiger partial charge in [0, 0.05) is 55.2 Å². The number of halogens is 3. The molecule has 0 radical (unpaired) electrons. The second-order valence-electron chi connectivity index (χ2n) is 9.08. The number of Topliss-reactive ketones (excluding diaryl/α,β-unsaturated/α-hetero) is 1. The number of nitrogens with zero attached hydrogens (tertiary/aromatic N) is 2. The number of fused-ring (bicyclic) bond motifs is 1. The van der Waals surface area contributed by atoms with E-state index in [-0.39, 0.29) is 48.0 Å². The van der Waals surface area contributed by atoms with Gasteiger partial charge in [0.15, 0.2) is 17.4 Å². The molecule has 0 aliphatic carbocycles. The number of hydrogen-bond donors (Lipinski definition) is 1. The molecule has 2 fully saturated rings. The zero-order valence-electron chi connectivity index (χ0n) is 18.8. The van der Waals surface area contributed by atoms with Crippen LogP contribution in [0.3, 0.4) is 0 Å². The van der Waals surface area contributed by atoms with Crippen molar-refractivity contribution in [3.8, 4) is 0 Å². The fourth-order valence-corrected chi connectivity index (χ4v) is 4.91. The summed E-state index contributed by atoms with van der Waals surface area (Å²) in [5.41, 5.74) is 6.85. The van der Waals surface area contributed by atoms with Crippen LogP contribution in [0.2, 0.25) is 0 Å². The van der Waals surface area contributed by atoms with Crippen LogP contribution in [0.1, 0.15) is 46.0 Å². The molecule has 2 heterocycles. The van der Waals surface area contributed by atoms with Gasteiger partial charge in [-0.05, 0) is 43.5 Å². The number of carbonyl (C=O) groups excluding carboxylic acids is 3. The standard InChI is InChI=1S/C25H26F3N3O3/c1-14(32)15-3-2-4-16(7-15)25(34)30-12-17-5-6-31(23(17)13-30)24(33)10-19(29)8-18-9-21(27)22(28)11-20(18)26/h2-4,7,9,11,17,19,23H,5-6,8,10,12-13,29H2,1H3/t17-,19?,23+/m0/s1. The average Bonchev–Trinajstić information content (AvgIpc) is 3.38. The van der Waals surface area contributed by atoms with Crippen LogP contribution in [0.4, 0.5) is 13.2 Å². The monoisotopic (exact) mass is 473 g/mol. The van der Waals surface area contributed by atoms with Gasteiger partial charge in [-0.2, -0.15) is 0 Å². The van der Waals surface area contributed by atoms with Crippen LogP contribution in [-0.4, -0.2) is 59.1 Å². The number of amides is 2. The lowest BCUT2D eigenvalue weighted by atomic mass is 10.0. The Bertz CT molecular complexity index is 1140. The SMILES string of the molecule is CC(=O)c1cccc(C(=O)N2C[C@@H]3CCN(C(=O)CC(N)Cc4cc(F)c(F)cc4F)[C@@H]3C2)c1. The van der Waals surface area contributed by atoms with E-state index < -0.39 is 23.5 Å². The summed E-state index contributed by atoms with van der Waals surface area (Å²) in [6.45, 7) is 2.89. The molecular weight excluding hydrogens is 447 g/mol. The van der Waals surface area contributed by atoms with Gasteiger partial charge in [-0.25, -0.2) is 13.2 Å². The molecule has 2 aromatic rings. The number of benzene rings is 2. The number of ketones is 1. The van der Waals surface area contributed by atoms with E-state index in [0.29, 0.717) is 36.8 Å². The van der Waals surface area contributed by atoms with Crippen molar-refractivity contribution in [2.24, 2.45) is 11.7 Å². The number of nitrogens with two attached hydrogens (primary N) is 1. The lowest BCUT2D eigenvalue weighted by molar-refractivity contribution is -0.132. The van der Waals surface area contributed by atoms with Crippen molar-refractivity contribution in [1.29, 1.82) is 0 Å². The minimum absolute atomic E-state index is 0.0732. The summed E-state index contributed by atoms with van der Waals surface area (Å²) in [6.07, 6.45) is 0.574. The Morgan fingerprint density at radius 1 is 1.03 bits per heavy atom. The van der Waals surface area contributed by atoms with Crippen LogP contribution in [0, 0.1) is 23.4 Å². The fraction of sp³-hybridized carbons (Fsp3) is 0.400. The molecule has 9 heteroatoms. The molecule has 0 bridgehead atoms. The lowest BCUT2D eigenvalue weighted by Gasteiger charge is -2.26. The van der Waals surface area contributed by atoms with Gasteiger partial charge >= 0.3 is 0 Å². The maximum Gasteiger partial charge on any atom is 0.253 e. The molecule has 2 aliphatic rings. The van der Waals surface area contributed by atoms with Gasteiger partial charge in [0.1, 0.15) is 5.82 Å². The summed E-state index contributed by atoms with van der Waals surface area (Å²) in [5, 5.41) is 0. The summed E-state index contributed by atoms with van der Waals surface area (Å²) in [5.74, 6) is -3.72. The second kappa shape index (κ2) is 9.58. The third-order valence-corrected chi connectivity index (χ3v) is 6.68. The molecule has 0 saturated carbocycles. The Kier molecular flexibility index (Phi) is 6.74. The van der Waals surface area contributed by atoms with E-state index in [1.165, 1.54) is 6.92 Å². The van der Waals surface area contributed by atoms with Gasteiger partial charge < -0.3 is 15.5 Å². The predicted octanol–water partition coefficient (Wildman–Crippen LogP) is 2.94. The minimum atomic E-state index is -1.28. The molecule has 180 valence electrons. The maximum absolute atomic E-state index is 13.9. The first-order valence-electron chi connectivity index (χ1n) is 11.2. The van der Waals surface area contributed by atoms with Gasteiger partial charge in [0.25, 0.3) is 5.91 Å². The first-order chi connectivity index (χ1) is 16.1. The van der Waals surface area contributed by atoms with Gasteiger partial charge in [0.2, 0.25) is 5.91 Å². The van der Waals surface area contributed by atoms with Crippen LogP contribution in [0.25, 0.3) is 0 Å². The van der Waals surface area contributed by atoms with Crippen LogP contribution in [-0.2, 0) is 11.2 Å². The third-order valence-electron chi connectivity index (χ3n) is 6.68. The van der Waals surface area contributed by atoms with Crippen LogP contribution in [0.15, 0.2) is 36.4 Å². The van der Waals surface area contributed by atoms with E-state index in [1.807, 2.05) is 0 Å². The highest BCUT2D eigenvalue weighted by molar-refractivity contribution is 5.99. The van der Waals surface area contributed by atoms with E-state index in [4.69, 9.17) is 5.73 Å². The second-order valence-corrected chi connectivity index (χ2v) is 9.08. The van der Waals surface area contributed by atoms with Gasteiger partial charge in [-0.3, -0.25) is 14.4 Å². The summed E-state index contributed by atoms with van der Waals surface area (Å²) in [4.78, 5) is 41.0. The summed E-state index contributed by atoms with van der Waals surface area (Å²) in [6, 6.07) is 6.92. The normalized spacial score (nSPS) is 20.4. The van der Waals surface area contributed by atoms with Crippen molar-refractivity contribution in [3.05, 3.63) is 70.5 Å². The Labute approximate surface area is 195 Å². The smallest absolute Gasteiger partial charge is 0.253 e. The molecular formula is C25H26F3N3O3. The zero-order valence-corrected chi connectivity index (χ0v) is 18.8. The molecule has 2 amide bonds. The molecule has 1 unspecified atom stereocenters. The molecule has 0 aromatic heterocycles. The molecule has 2 aliphatic heterocycles. The maximum atomic E-state index is 13.9. The molecule has 4 rings (SSSR count). The van der Waals surface area contributed by atoms with Crippen LogP contribution in [0.5, 0.6) is 0 Å². The Balaban J connectivity index is 1.38. The zero-order chi connectivity index (χ0) is 24.6. The minimum Gasteiger partial charge on any atom is -0.338 e. The molecule has 0 spiro atoms. The highest BCUT2D eigenvalue weighted by Crippen LogP contribution is 2.33. The number of carbonyl (C=O) groups is 3. The van der Waals surface area contributed by atoms with E-state index in [2.05, 4.69) is 0 Å².